The third-order valence-electron chi connectivity index (χ3n) is 4.76. The van der Waals surface area contributed by atoms with Crippen LogP contribution in [0.4, 0.5) is 17.6 Å². The predicted molar refractivity (Wildman–Crippen MR) is 92.7 cm³/mol. The number of phenolic OH excluding ortho intramolecular Hbond substituents is 2. The van der Waals surface area contributed by atoms with Crippen LogP contribution in [0.3, 0.4) is 0 Å². The third-order valence-corrected chi connectivity index (χ3v) is 4.76. The summed E-state index contributed by atoms with van der Waals surface area (Å²) in [5.74, 6) is -3.95. The highest BCUT2D eigenvalue weighted by Crippen LogP contribution is 2.49. The Bertz CT molecular complexity index is 950. The smallest absolute Gasteiger partial charge is 0.130 e. The van der Waals surface area contributed by atoms with Gasteiger partial charge in [0.15, 0.2) is 0 Å². The van der Waals surface area contributed by atoms with Gasteiger partial charge in [0.25, 0.3) is 0 Å². The lowest BCUT2D eigenvalue weighted by Gasteiger charge is -2.36. The fourth-order valence-corrected chi connectivity index (χ4v) is 3.54. The Balaban J connectivity index is 2.48. The first-order chi connectivity index (χ1) is 12.8. The summed E-state index contributed by atoms with van der Waals surface area (Å²) in [6.45, 7) is 1.61. The van der Waals surface area contributed by atoms with E-state index in [9.17, 15) is 27.8 Å². The zero-order chi connectivity index (χ0) is 19.8. The number of benzene rings is 3. The summed E-state index contributed by atoms with van der Waals surface area (Å²) in [5, 5.41) is 20.8. The molecule has 0 aromatic heterocycles. The second-order valence-electron chi connectivity index (χ2n) is 6.21. The molecule has 3 aromatic carbocycles. The van der Waals surface area contributed by atoms with Gasteiger partial charge in [-0.3, -0.25) is 0 Å². The Morgan fingerprint density at radius 3 is 1.56 bits per heavy atom. The van der Waals surface area contributed by atoms with Crippen molar-refractivity contribution in [1.82, 2.24) is 0 Å². The fourth-order valence-electron chi connectivity index (χ4n) is 3.54. The van der Waals surface area contributed by atoms with Crippen molar-refractivity contribution in [2.45, 2.75) is 18.8 Å². The maximum Gasteiger partial charge on any atom is 0.130 e. The minimum Gasteiger partial charge on any atom is -0.508 e. The molecule has 0 aliphatic heterocycles. The van der Waals surface area contributed by atoms with Gasteiger partial charge in [-0.2, -0.15) is 0 Å². The molecule has 0 amide bonds. The van der Waals surface area contributed by atoms with Crippen molar-refractivity contribution in [2.75, 3.05) is 0 Å². The Kier molecular flexibility index (Phi) is 4.83. The number of rotatable bonds is 4. The van der Waals surface area contributed by atoms with Crippen molar-refractivity contribution in [2.24, 2.45) is 0 Å². The van der Waals surface area contributed by atoms with Crippen LogP contribution < -0.4 is 0 Å². The van der Waals surface area contributed by atoms with Crippen molar-refractivity contribution < 1.29 is 27.8 Å². The second-order valence-corrected chi connectivity index (χ2v) is 6.21. The Morgan fingerprint density at radius 2 is 1.11 bits per heavy atom. The third kappa shape index (κ3) is 3.12. The number of aromatic hydroxyl groups is 2. The van der Waals surface area contributed by atoms with E-state index in [2.05, 4.69) is 0 Å². The summed E-state index contributed by atoms with van der Waals surface area (Å²) >= 11 is 0. The first-order valence-corrected chi connectivity index (χ1v) is 8.23. The van der Waals surface area contributed by atoms with Crippen LogP contribution in [0.2, 0.25) is 0 Å². The lowest BCUT2D eigenvalue weighted by atomic mass is 9.67. The summed E-state index contributed by atoms with van der Waals surface area (Å²) in [4.78, 5) is 0. The molecular formula is C21H16F4O2. The highest BCUT2D eigenvalue weighted by molar-refractivity contribution is 5.58. The molecule has 0 saturated carbocycles. The van der Waals surface area contributed by atoms with Crippen LogP contribution in [-0.4, -0.2) is 10.2 Å². The molecule has 2 nitrogen and oxygen atoms in total. The van der Waals surface area contributed by atoms with Crippen molar-refractivity contribution in [3.8, 4) is 11.5 Å². The molecule has 0 aliphatic rings. The predicted octanol–water partition coefficient (Wildman–Crippen LogP) is 5.40. The van der Waals surface area contributed by atoms with Crippen molar-refractivity contribution in [3.63, 3.8) is 0 Å². The number of hydrogen-bond acceptors (Lipinski definition) is 2. The first-order valence-electron chi connectivity index (χ1n) is 8.23. The van der Waals surface area contributed by atoms with E-state index in [0.717, 1.165) is 48.5 Å². The molecule has 27 heavy (non-hydrogen) atoms. The van der Waals surface area contributed by atoms with Gasteiger partial charge in [-0.15, -0.1) is 0 Å². The van der Waals surface area contributed by atoms with Gasteiger partial charge in [0.05, 0.1) is 5.41 Å². The van der Waals surface area contributed by atoms with E-state index >= 15 is 0 Å². The molecule has 0 fully saturated rings. The van der Waals surface area contributed by atoms with E-state index in [1.807, 2.05) is 0 Å². The van der Waals surface area contributed by atoms with Gasteiger partial charge in [-0.1, -0.05) is 13.0 Å². The molecular weight excluding hydrogens is 360 g/mol. The van der Waals surface area contributed by atoms with Crippen molar-refractivity contribution in [1.29, 1.82) is 0 Å². The largest absolute Gasteiger partial charge is 0.508 e. The molecule has 0 spiro atoms. The van der Waals surface area contributed by atoms with Crippen LogP contribution in [0.25, 0.3) is 0 Å². The average Bonchev–Trinajstić information content (AvgIpc) is 2.63. The van der Waals surface area contributed by atoms with Gasteiger partial charge >= 0.3 is 0 Å². The van der Waals surface area contributed by atoms with Gasteiger partial charge in [-0.05, 0) is 48.9 Å². The van der Waals surface area contributed by atoms with E-state index in [4.69, 9.17) is 0 Å². The second kappa shape index (κ2) is 6.95. The SMILES string of the molecule is CCC(c1cc(F)ccc1O)(c1cc(F)ccc1O)c1ccc(F)cc1F. The summed E-state index contributed by atoms with van der Waals surface area (Å²) in [6.07, 6.45) is 0.0174. The standard InChI is InChI=1S/C21H16F4O2/c1-2-21(15-6-3-14(24)11-18(15)25,16-9-12(22)4-7-19(16)26)17-10-13(23)5-8-20(17)27/h3-11,26-27H,2H2,1H3. The van der Waals surface area contributed by atoms with Crippen LogP contribution in [0.1, 0.15) is 30.0 Å². The molecule has 0 aliphatic carbocycles. The first kappa shape index (κ1) is 18.8. The maximum absolute atomic E-state index is 14.8. The fraction of sp³-hybridized carbons (Fsp3) is 0.143. The zero-order valence-electron chi connectivity index (χ0n) is 14.3. The number of halogens is 4. The monoisotopic (exact) mass is 376 g/mol. The summed E-state index contributed by atoms with van der Waals surface area (Å²) < 4.78 is 56.2. The molecule has 0 atom stereocenters. The van der Waals surface area contributed by atoms with Crippen LogP contribution in [0.5, 0.6) is 11.5 Å². The normalized spacial score (nSPS) is 11.6. The van der Waals surface area contributed by atoms with E-state index < -0.39 is 28.7 Å². The zero-order valence-corrected chi connectivity index (χ0v) is 14.3. The van der Waals surface area contributed by atoms with Crippen LogP contribution in [-0.2, 0) is 5.41 Å². The minimum absolute atomic E-state index is 0.0174. The van der Waals surface area contributed by atoms with E-state index in [1.165, 1.54) is 0 Å². The highest BCUT2D eigenvalue weighted by atomic mass is 19.1. The molecule has 0 heterocycles. The van der Waals surface area contributed by atoms with E-state index in [0.29, 0.717) is 6.07 Å². The molecule has 0 saturated heterocycles. The van der Waals surface area contributed by atoms with Gasteiger partial charge in [0.2, 0.25) is 0 Å². The van der Waals surface area contributed by atoms with E-state index in [1.54, 1.807) is 6.92 Å². The Hall–Kier alpha value is -3.02. The lowest BCUT2D eigenvalue weighted by molar-refractivity contribution is 0.419. The molecule has 0 bridgehead atoms. The molecule has 3 rings (SSSR count). The molecule has 140 valence electrons. The molecule has 0 radical (unpaired) electrons. The van der Waals surface area contributed by atoms with Crippen molar-refractivity contribution >= 4 is 0 Å². The Morgan fingerprint density at radius 1 is 0.667 bits per heavy atom. The quantitative estimate of drug-likeness (QED) is 0.473. The minimum atomic E-state index is -1.66. The molecule has 6 heteroatoms. The summed E-state index contributed by atoms with van der Waals surface area (Å²) in [7, 11) is 0. The van der Waals surface area contributed by atoms with Crippen LogP contribution in [0, 0.1) is 23.3 Å². The van der Waals surface area contributed by atoms with Gasteiger partial charge in [0.1, 0.15) is 34.8 Å². The summed E-state index contributed by atoms with van der Waals surface area (Å²) in [5.41, 5.74) is -1.93. The average molecular weight is 376 g/mol. The Labute approximate surface area is 153 Å². The van der Waals surface area contributed by atoms with Crippen LogP contribution >= 0.6 is 0 Å². The maximum atomic E-state index is 14.8. The van der Waals surface area contributed by atoms with Gasteiger partial charge in [-0.25, -0.2) is 17.6 Å². The number of hydrogen-bond donors (Lipinski definition) is 2. The lowest BCUT2D eigenvalue weighted by Crippen LogP contribution is -2.30. The van der Waals surface area contributed by atoms with Gasteiger partial charge in [0, 0.05) is 22.8 Å². The molecule has 3 aromatic rings. The van der Waals surface area contributed by atoms with Crippen molar-refractivity contribution in [3.05, 3.63) is 94.6 Å². The van der Waals surface area contributed by atoms with Gasteiger partial charge < -0.3 is 10.2 Å². The van der Waals surface area contributed by atoms with Crippen LogP contribution in [0.15, 0.2) is 54.6 Å². The molecule has 0 unspecified atom stereocenters. The molecule has 2 N–H and O–H groups in total. The number of phenols is 2. The summed E-state index contributed by atoms with van der Waals surface area (Å²) in [6, 6.07) is 9.00. The van der Waals surface area contributed by atoms with E-state index in [-0.39, 0.29) is 34.6 Å². The highest BCUT2D eigenvalue weighted by Gasteiger charge is 2.41. The topological polar surface area (TPSA) is 40.5 Å².